The summed E-state index contributed by atoms with van der Waals surface area (Å²) in [6, 6.07) is 11.9. The van der Waals surface area contributed by atoms with Gasteiger partial charge in [-0.05, 0) is 94.9 Å². The zero-order valence-electron chi connectivity index (χ0n) is 21.2. The van der Waals surface area contributed by atoms with Crippen molar-refractivity contribution >= 4 is 23.1 Å². The zero-order valence-corrected chi connectivity index (χ0v) is 22.1. The molecule has 2 saturated heterocycles. The molecule has 2 unspecified atom stereocenters. The van der Waals surface area contributed by atoms with Crippen LogP contribution in [0.2, 0.25) is 0 Å². The molecular weight excluding hydrogens is 479 g/mol. The van der Waals surface area contributed by atoms with E-state index in [-0.39, 0.29) is 0 Å². The molecule has 196 valence electrons. The molecule has 2 atom stereocenters. The maximum Gasteiger partial charge on any atom is 0.416 e. The Morgan fingerprint density at radius 1 is 0.917 bits per heavy atom. The number of piperidine rings is 2. The number of nitrogens with one attached hydrogen (secondary N) is 1. The fourth-order valence-electron chi connectivity index (χ4n) is 6.32. The van der Waals surface area contributed by atoms with Crippen LogP contribution in [0.1, 0.15) is 68.9 Å². The summed E-state index contributed by atoms with van der Waals surface area (Å²) in [6.07, 6.45) is 7.15. The van der Waals surface area contributed by atoms with E-state index in [1.54, 1.807) is 17.8 Å². The molecule has 2 aromatic carbocycles. The first-order chi connectivity index (χ1) is 17.4. The van der Waals surface area contributed by atoms with Crippen molar-refractivity contribution in [2.45, 2.75) is 92.3 Å². The monoisotopic (exact) mass is 517 g/mol. The topological polar surface area (TPSA) is 18.5 Å². The van der Waals surface area contributed by atoms with Gasteiger partial charge in [-0.3, -0.25) is 0 Å². The van der Waals surface area contributed by atoms with Crippen LogP contribution in [0, 0.1) is 0 Å². The summed E-state index contributed by atoms with van der Waals surface area (Å²) in [5, 5.41) is 3.35. The zero-order chi connectivity index (χ0) is 25.1. The van der Waals surface area contributed by atoms with Crippen LogP contribution >= 0.6 is 11.8 Å². The lowest BCUT2D eigenvalue weighted by atomic mass is 9.92. The third kappa shape index (κ3) is 5.89. The fraction of sp³-hybridized carbons (Fsp3) is 0.586. The van der Waals surface area contributed by atoms with E-state index in [0.717, 1.165) is 34.9 Å². The van der Waals surface area contributed by atoms with Gasteiger partial charge in [0, 0.05) is 28.4 Å². The number of rotatable bonds is 7. The smallest absolute Gasteiger partial charge is 0.353 e. The first-order valence-electron chi connectivity index (χ1n) is 13.6. The minimum absolute atomic E-state index is 0.412. The van der Waals surface area contributed by atoms with Gasteiger partial charge < -0.3 is 15.1 Å². The Balaban J connectivity index is 1.29. The van der Waals surface area contributed by atoms with Crippen molar-refractivity contribution in [1.82, 2.24) is 9.80 Å². The highest BCUT2D eigenvalue weighted by Crippen LogP contribution is 2.48. The van der Waals surface area contributed by atoms with Gasteiger partial charge in [0.15, 0.2) is 0 Å². The third-order valence-electron chi connectivity index (χ3n) is 8.34. The number of nitrogens with zero attached hydrogens (tertiary/aromatic N) is 2. The maximum absolute atomic E-state index is 14.1. The molecule has 3 heterocycles. The van der Waals surface area contributed by atoms with Crippen LogP contribution in [0.5, 0.6) is 0 Å². The normalized spacial score (nSPS) is 23.1. The molecule has 2 aromatic rings. The van der Waals surface area contributed by atoms with E-state index in [0.29, 0.717) is 36.3 Å². The van der Waals surface area contributed by atoms with E-state index in [1.165, 1.54) is 57.6 Å². The highest BCUT2D eigenvalue weighted by molar-refractivity contribution is 7.99. The number of halogens is 3. The quantitative estimate of drug-likeness (QED) is 0.342. The first-order valence-corrected chi connectivity index (χ1v) is 14.4. The lowest BCUT2D eigenvalue weighted by Gasteiger charge is -2.37. The molecule has 3 aliphatic rings. The number of hydrogen-bond acceptors (Lipinski definition) is 4. The Bertz CT molecular complexity index is 1040. The number of hydrogen-bond donors (Lipinski definition) is 1. The summed E-state index contributed by atoms with van der Waals surface area (Å²) >= 11 is 1.56. The van der Waals surface area contributed by atoms with Crippen LogP contribution in [0.15, 0.2) is 46.2 Å². The average Bonchev–Trinajstić information content (AvgIpc) is 2.87. The summed E-state index contributed by atoms with van der Waals surface area (Å²) in [4.78, 5) is 6.93. The molecule has 0 saturated carbocycles. The minimum atomic E-state index is -4.36. The van der Waals surface area contributed by atoms with Crippen LogP contribution < -0.4 is 5.32 Å². The van der Waals surface area contributed by atoms with Crippen molar-refractivity contribution in [2.75, 3.05) is 32.0 Å². The summed E-state index contributed by atoms with van der Waals surface area (Å²) in [5.41, 5.74) is 1.44. The molecule has 0 aromatic heterocycles. The summed E-state index contributed by atoms with van der Waals surface area (Å²) in [6.45, 7) is 2.89. The van der Waals surface area contributed by atoms with Crippen LogP contribution in [-0.4, -0.2) is 48.6 Å². The lowest BCUT2D eigenvalue weighted by molar-refractivity contribution is -0.138. The Morgan fingerprint density at radius 2 is 1.67 bits per heavy atom. The predicted molar refractivity (Wildman–Crippen MR) is 142 cm³/mol. The molecule has 0 amide bonds. The van der Waals surface area contributed by atoms with Crippen molar-refractivity contribution in [1.29, 1.82) is 0 Å². The summed E-state index contributed by atoms with van der Waals surface area (Å²) in [7, 11) is 2.25. The van der Waals surface area contributed by atoms with Crippen LogP contribution in [0.25, 0.3) is 0 Å². The third-order valence-corrected chi connectivity index (χ3v) is 9.48. The molecule has 0 radical (unpaired) electrons. The van der Waals surface area contributed by atoms with Crippen LogP contribution in [0.4, 0.5) is 24.5 Å². The van der Waals surface area contributed by atoms with Gasteiger partial charge in [0.25, 0.3) is 0 Å². The van der Waals surface area contributed by atoms with E-state index in [9.17, 15) is 13.2 Å². The van der Waals surface area contributed by atoms with E-state index in [2.05, 4.69) is 22.2 Å². The number of likely N-dealkylation sites (tertiary alicyclic amines) is 2. The van der Waals surface area contributed by atoms with Crippen LogP contribution in [-0.2, 0) is 12.6 Å². The standard InChI is InChI=1S/C29H38F3N3S/c1-34-18-6-4-9-21(34)11-8-12-22-10-5-7-19-35(22)20-17-23-24(29(30,31)32)15-16-27-28(23)33-25-13-2-3-14-26(25)36-27/h2-3,13-16,21-22,33H,4-12,17-20H2,1H3. The predicted octanol–water partition coefficient (Wildman–Crippen LogP) is 7.97. The molecule has 2 fully saturated rings. The second-order valence-electron chi connectivity index (χ2n) is 10.7. The van der Waals surface area contributed by atoms with Crippen molar-refractivity contribution < 1.29 is 13.2 Å². The average molecular weight is 518 g/mol. The first kappa shape index (κ1) is 25.9. The fourth-order valence-corrected chi connectivity index (χ4v) is 7.35. The van der Waals surface area contributed by atoms with E-state index < -0.39 is 11.7 Å². The van der Waals surface area contributed by atoms with Gasteiger partial charge in [-0.15, -0.1) is 0 Å². The number of alkyl halides is 3. The Morgan fingerprint density at radius 3 is 2.47 bits per heavy atom. The van der Waals surface area contributed by atoms with Gasteiger partial charge >= 0.3 is 6.18 Å². The number of benzene rings is 2. The molecule has 0 bridgehead atoms. The molecule has 7 heteroatoms. The minimum Gasteiger partial charge on any atom is -0.353 e. The molecular formula is C29H38F3N3S. The van der Waals surface area contributed by atoms with E-state index in [4.69, 9.17) is 0 Å². The van der Waals surface area contributed by atoms with Crippen molar-refractivity contribution in [3.8, 4) is 0 Å². The molecule has 36 heavy (non-hydrogen) atoms. The number of anilines is 2. The van der Waals surface area contributed by atoms with Gasteiger partial charge in [0.2, 0.25) is 0 Å². The largest absolute Gasteiger partial charge is 0.416 e. The van der Waals surface area contributed by atoms with Gasteiger partial charge in [-0.25, -0.2) is 0 Å². The lowest BCUT2D eigenvalue weighted by Crippen LogP contribution is -2.41. The van der Waals surface area contributed by atoms with Gasteiger partial charge in [-0.2, -0.15) is 13.2 Å². The van der Waals surface area contributed by atoms with Gasteiger partial charge in [0.1, 0.15) is 0 Å². The Labute approximate surface area is 217 Å². The Kier molecular flexibility index (Phi) is 8.18. The second-order valence-corrected chi connectivity index (χ2v) is 11.8. The Hall–Kier alpha value is -1.70. The van der Waals surface area contributed by atoms with Crippen molar-refractivity contribution in [3.05, 3.63) is 47.5 Å². The van der Waals surface area contributed by atoms with Gasteiger partial charge in [0.05, 0.1) is 16.9 Å². The highest BCUT2D eigenvalue weighted by Gasteiger charge is 2.36. The molecule has 1 N–H and O–H groups in total. The molecule has 5 rings (SSSR count). The molecule has 3 aliphatic heterocycles. The summed E-state index contributed by atoms with van der Waals surface area (Å²) < 4.78 is 42.2. The molecule has 3 nitrogen and oxygen atoms in total. The number of fused-ring (bicyclic) bond motifs is 2. The molecule has 0 aliphatic carbocycles. The van der Waals surface area contributed by atoms with Crippen LogP contribution in [0.3, 0.4) is 0 Å². The van der Waals surface area contributed by atoms with Gasteiger partial charge in [-0.1, -0.05) is 43.2 Å². The van der Waals surface area contributed by atoms with Crippen molar-refractivity contribution in [2.24, 2.45) is 0 Å². The highest BCUT2D eigenvalue weighted by atomic mass is 32.2. The maximum atomic E-state index is 14.1. The van der Waals surface area contributed by atoms with E-state index in [1.807, 2.05) is 24.3 Å². The summed E-state index contributed by atoms with van der Waals surface area (Å²) in [5.74, 6) is 0. The van der Waals surface area contributed by atoms with E-state index >= 15 is 0 Å². The molecule has 0 spiro atoms. The SMILES string of the molecule is CN1CCCCC1CCCC1CCCCN1CCc1c(C(F)(F)F)ccc2c1Nc1ccccc1S2. The second kappa shape index (κ2) is 11.4. The van der Waals surface area contributed by atoms with Crippen molar-refractivity contribution in [3.63, 3.8) is 0 Å². The number of para-hydroxylation sites is 1.